The van der Waals surface area contributed by atoms with Crippen molar-refractivity contribution in [1.29, 1.82) is 0 Å². The summed E-state index contributed by atoms with van der Waals surface area (Å²) in [5.41, 5.74) is 2.36. The Kier molecular flexibility index (Phi) is 4.89. The molecule has 0 saturated carbocycles. The first-order valence-electron chi connectivity index (χ1n) is 7.01. The molecule has 1 aliphatic heterocycles. The summed E-state index contributed by atoms with van der Waals surface area (Å²) in [6.07, 6.45) is 0.644. The highest BCUT2D eigenvalue weighted by Crippen LogP contribution is 2.25. The normalized spacial score (nSPS) is 18.1. The van der Waals surface area contributed by atoms with E-state index in [0.717, 1.165) is 36.9 Å². The Bertz CT molecular complexity index is 485. The van der Waals surface area contributed by atoms with Gasteiger partial charge in [0.25, 0.3) is 0 Å². The molecule has 2 rings (SSSR count). The Morgan fingerprint density at radius 1 is 1.35 bits per heavy atom. The molecule has 0 radical (unpaired) electrons. The molecule has 0 aromatic heterocycles. The Labute approximate surface area is 124 Å². The number of rotatable bonds is 4. The predicted molar refractivity (Wildman–Crippen MR) is 81.7 cm³/mol. The molecule has 1 atom stereocenters. The van der Waals surface area contributed by atoms with Crippen molar-refractivity contribution in [2.45, 2.75) is 26.3 Å². The fraction of sp³-hybridized carbons (Fsp3) is 0.533. The Morgan fingerprint density at radius 3 is 2.55 bits per heavy atom. The lowest BCUT2D eigenvalue weighted by atomic mass is 10.1. The van der Waals surface area contributed by atoms with Gasteiger partial charge in [-0.2, -0.15) is 0 Å². The predicted octanol–water partition coefficient (Wildman–Crippen LogP) is 2.63. The van der Waals surface area contributed by atoms with Gasteiger partial charge in [0, 0.05) is 36.9 Å². The van der Waals surface area contributed by atoms with E-state index in [4.69, 9.17) is 11.6 Å². The zero-order valence-electron chi connectivity index (χ0n) is 12.0. The van der Waals surface area contributed by atoms with Crippen molar-refractivity contribution in [3.05, 3.63) is 28.8 Å². The summed E-state index contributed by atoms with van der Waals surface area (Å²) in [5, 5.41) is 9.96. The molecule has 0 spiro atoms. The number of carboxylic acids is 1. The van der Waals surface area contributed by atoms with Crippen LogP contribution in [0.3, 0.4) is 0 Å². The minimum atomic E-state index is -0.722. The van der Waals surface area contributed by atoms with Gasteiger partial charge in [-0.1, -0.05) is 24.6 Å². The summed E-state index contributed by atoms with van der Waals surface area (Å²) in [5.74, 6) is -0.722. The van der Waals surface area contributed by atoms with Crippen molar-refractivity contribution in [1.82, 2.24) is 4.90 Å². The number of halogens is 1. The molecule has 1 fully saturated rings. The van der Waals surface area contributed by atoms with Gasteiger partial charge in [0.1, 0.15) is 6.04 Å². The second-order valence-electron chi connectivity index (χ2n) is 5.22. The van der Waals surface area contributed by atoms with E-state index >= 15 is 0 Å². The zero-order valence-corrected chi connectivity index (χ0v) is 12.7. The number of anilines is 1. The SMILES string of the molecule is CC[C@@H](C(=O)O)N1CCN(c2cc(Cl)ccc2C)CC1. The van der Waals surface area contributed by atoms with E-state index in [9.17, 15) is 9.90 Å². The summed E-state index contributed by atoms with van der Waals surface area (Å²) in [7, 11) is 0. The van der Waals surface area contributed by atoms with E-state index < -0.39 is 5.97 Å². The third kappa shape index (κ3) is 3.25. The molecule has 1 heterocycles. The molecule has 1 N–H and O–H groups in total. The van der Waals surface area contributed by atoms with Gasteiger partial charge < -0.3 is 10.0 Å². The van der Waals surface area contributed by atoms with Crippen LogP contribution in [0.5, 0.6) is 0 Å². The zero-order chi connectivity index (χ0) is 14.7. The third-order valence-corrected chi connectivity index (χ3v) is 4.17. The maximum Gasteiger partial charge on any atom is 0.320 e. The third-order valence-electron chi connectivity index (χ3n) is 3.94. The van der Waals surface area contributed by atoms with Crippen molar-refractivity contribution in [3.8, 4) is 0 Å². The van der Waals surface area contributed by atoms with Crippen LogP contribution in [0.1, 0.15) is 18.9 Å². The van der Waals surface area contributed by atoms with Crippen LogP contribution >= 0.6 is 11.6 Å². The molecule has 0 aliphatic carbocycles. The van der Waals surface area contributed by atoms with Crippen LogP contribution in [0.25, 0.3) is 0 Å². The van der Waals surface area contributed by atoms with Gasteiger partial charge in [0.15, 0.2) is 0 Å². The summed E-state index contributed by atoms with van der Waals surface area (Å²) in [6.45, 7) is 7.22. The van der Waals surface area contributed by atoms with E-state index in [2.05, 4.69) is 16.7 Å². The van der Waals surface area contributed by atoms with Crippen molar-refractivity contribution in [3.63, 3.8) is 0 Å². The topological polar surface area (TPSA) is 43.8 Å². The lowest BCUT2D eigenvalue weighted by molar-refractivity contribution is -0.143. The number of hydrogen-bond acceptors (Lipinski definition) is 3. The second-order valence-corrected chi connectivity index (χ2v) is 5.65. The second kappa shape index (κ2) is 6.46. The smallest absolute Gasteiger partial charge is 0.320 e. The van der Waals surface area contributed by atoms with E-state index in [1.807, 2.05) is 25.1 Å². The van der Waals surface area contributed by atoms with E-state index in [0.29, 0.717) is 6.42 Å². The average molecular weight is 297 g/mol. The highest BCUT2D eigenvalue weighted by atomic mass is 35.5. The minimum absolute atomic E-state index is 0.363. The molecule has 0 unspecified atom stereocenters. The van der Waals surface area contributed by atoms with E-state index in [1.54, 1.807) is 0 Å². The highest BCUT2D eigenvalue weighted by Gasteiger charge is 2.27. The maximum absolute atomic E-state index is 11.2. The first-order valence-corrected chi connectivity index (χ1v) is 7.38. The van der Waals surface area contributed by atoms with Crippen LogP contribution in [0.15, 0.2) is 18.2 Å². The first kappa shape index (κ1) is 15.1. The number of hydrogen-bond donors (Lipinski definition) is 1. The molecule has 1 aromatic rings. The summed E-state index contributed by atoms with van der Waals surface area (Å²) in [4.78, 5) is 15.5. The molecule has 110 valence electrons. The Morgan fingerprint density at radius 2 is 2.00 bits per heavy atom. The number of benzene rings is 1. The van der Waals surface area contributed by atoms with Crippen LogP contribution in [0, 0.1) is 6.92 Å². The minimum Gasteiger partial charge on any atom is -0.480 e. The molecule has 20 heavy (non-hydrogen) atoms. The quantitative estimate of drug-likeness (QED) is 0.928. The van der Waals surface area contributed by atoms with Crippen molar-refractivity contribution < 1.29 is 9.90 Å². The van der Waals surface area contributed by atoms with Crippen LogP contribution in [-0.4, -0.2) is 48.2 Å². The number of carboxylic acid groups (broad SMARTS) is 1. The number of nitrogens with zero attached hydrogens (tertiary/aromatic N) is 2. The van der Waals surface area contributed by atoms with E-state index in [1.165, 1.54) is 5.56 Å². The van der Waals surface area contributed by atoms with Gasteiger partial charge in [-0.25, -0.2) is 0 Å². The first-order chi connectivity index (χ1) is 9.52. The van der Waals surface area contributed by atoms with Crippen LogP contribution in [-0.2, 0) is 4.79 Å². The molecule has 4 nitrogen and oxygen atoms in total. The summed E-state index contributed by atoms with van der Waals surface area (Å²) < 4.78 is 0. The summed E-state index contributed by atoms with van der Waals surface area (Å²) in [6, 6.07) is 5.54. The van der Waals surface area contributed by atoms with Crippen LogP contribution in [0.2, 0.25) is 5.02 Å². The fourth-order valence-electron chi connectivity index (χ4n) is 2.79. The molecule has 5 heteroatoms. The number of piperazine rings is 1. The average Bonchev–Trinajstić information content (AvgIpc) is 2.43. The van der Waals surface area contributed by atoms with Crippen molar-refractivity contribution in [2.75, 3.05) is 31.1 Å². The molecule has 1 aliphatic rings. The Balaban J connectivity index is 2.04. The molecular weight excluding hydrogens is 276 g/mol. The number of aliphatic carboxylic acids is 1. The van der Waals surface area contributed by atoms with Crippen LogP contribution in [0.4, 0.5) is 5.69 Å². The molecule has 1 aromatic carbocycles. The van der Waals surface area contributed by atoms with Gasteiger partial charge in [-0.05, 0) is 31.0 Å². The van der Waals surface area contributed by atoms with Gasteiger partial charge in [-0.3, -0.25) is 9.69 Å². The monoisotopic (exact) mass is 296 g/mol. The molecule has 0 bridgehead atoms. The summed E-state index contributed by atoms with van der Waals surface area (Å²) >= 11 is 6.06. The van der Waals surface area contributed by atoms with Gasteiger partial charge in [0.2, 0.25) is 0 Å². The van der Waals surface area contributed by atoms with Gasteiger partial charge >= 0.3 is 5.97 Å². The number of carbonyl (C=O) groups is 1. The van der Waals surface area contributed by atoms with Crippen molar-refractivity contribution >= 4 is 23.3 Å². The van der Waals surface area contributed by atoms with Gasteiger partial charge in [0.05, 0.1) is 0 Å². The molecule has 0 amide bonds. The van der Waals surface area contributed by atoms with E-state index in [-0.39, 0.29) is 6.04 Å². The Hall–Kier alpha value is -1.26. The lowest BCUT2D eigenvalue weighted by Crippen LogP contribution is -2.52. The highest BCUT2D eigenvalue weighted by molar-refractivity contribution is 6.30. The van der Waals surface area contributed by atoms with Crippen LogP contribution < -0.4 is 4.90 Å². The fourth-order valence-corrected chi connectivity index (χ4v) is 2.95. The van der Waals surface area contributed by atoms with Gasteiger partial charge in [-0.15, -0.1) is 0 Å². The number of aryl methyl sites for hydroxylation is 1. The lowest BCUT2D eigenvalue weighted by Gasteiger charge is -2.39. The maximum atomic E-state index is 11.2. The standard InChI is InChI=1S/C15H21ClN2O2/c1-3-13(15(19)20)17-6-8-18(9-7-17)14-10-12(16)5-4-11(14)2/h4-5,10,13H,3,6-9H2,1-2H3,(H,19,20)/t13-/m0/s1. The largest absolute Gasteiger partial charge is 0.480 e. The molecule has 1 saturated heterocycles. The molecular formula is C15H21ClN2O2. The van der Waals surface area contributed by atoms with Crippen molar-refractivity contribution in [2.24, 2.45) is 0 Å².